The van der Waals surface area contributed by atoms with E-state index in [0.29, 0.717) is 6.54 Å². The minimum atomic E-state index is 0.0702. The van der Waals surface area contributed by atoms with Gasteiger partial charge in [-0.15, -0.1) is 0 Å². The Hall–Kier alpha value is -1.58. The summed E-state index contributed by atoms with van der Waals surface area (Å²) < 4.78 is 0. The van der Waals surface area contributed by atoms with Gasteiger partial charge in [0, 0.05) is 19.3 Å². The summed E-state index contributed by atoms with van der Waals surface area (Å²) in [5.41, 5.74) is 0.941. The van der Waals surface area contributed by atoms with Crippen molar-refractivity contribution in [3.8, 4) is 0 Å². The number of hydrogen-bond acceptors (Lipinski definition) is 3. The molecule has 1 amide bonds. The van der Waals surface area contributed by atoms with Gasteiger partial charge < -0.3 is 10.2 Å². The molecule has 0 aliphatic rings. The Kier molecular flexibility index (Phi) is 4.09. The molecule has 15 heavy (non-hydrogen) atoms. The number of pyridine rings is 1. The van der Waals surface area contributed by atoms with Crippen LogP contribution in [0, 0.1) is 6.92 Å². The van der Waals surface area contributed by atoms with Crippen molar-refractivity contribution < 1.29 is 4.79 Å². The number of aromatic nitrogens is 1. The van der Waals surface area contributed by atoms with E-state index in [1.165, 1.54) is 0 Å². The number of anilines is 1. The molecule has 1 aromatic heterocycles. The van der Waals surface area contributed by atoms with Crippen LogP contribution in [0.5, 0.6) is 0 Å². The second-order valence-electron chi connectivity index (χ2n) is 3.43. The SMILES string of the molecule is CCN(C)C(=O)CNc1cccc(C)n1. The molecule has 0 radical (unpaired) electrons. The van der Waals surface area contributed by atoms with Gasteiger partial charge in [-0.05, 0) is 26.0 Å². The summed E-state index contributed by atoms with van der Waals surface area (Å²) in [5.74, 6) is 0.814. The van der Waals surface area contributed by atoms with Gasteiger partial charge in [-0.3, -0.25) is 4.79 Å². The molecule has 0 saturated heterocycles. The molecule has 0 aromatic carbocycles. The summed E-state index contributed by atoms with van der Waals surface area (Å²) in [5, 5.41) is 3.00. The highest BCUT2D eigenvalue weighted by Crippen LogP contribution is 2.03. The third-order valence-corrected chi connectivity index (χ3v) is 2.21. The number of amides is 1. The lowest BCUT2D eigenvalue weighted by atomic mass is 10.3. The minimum absolute atomic E-state index is 0.0702. The van der Waals surface area contributed by atoms with E-state index in [2.05, 4.69) is 10.3 Å². The Morgan fingerprint density at radius 1 is 1.53 bits per heavy atom. The maximum Gasteiger partial charge on any atom is 0.241 e. The van der Waals surface area contributed by atoms with E-state index in [0.717, 1.165) is 18.1 Å². The fraction of sp³-hybridized carbons (Fsp3) is 0.455. The minimum Gasteiger partial charge on any atom is -0.361 e. The molecular weight excluding hydrogens is 190 g/mol. The van der Waals surface area contributed by atoms with Crippen molar-refractivity contribution in [3.05, 3.63) is 23.9 Å². The molecule has 0 unspecified atom stereocenters. The van der Waals surface area contributed by atoms with Gasteiger partial charge in [-0.2, -0.15) is 0 Å². The molecular formula is C11H17N3O. The summed E-state index contributed by atoms with van der Waals surface area (Å²) in [6.07, 6.45) is 0. The predicted molar refractivity (Wildman–Crippen MR) is 60.8 cm³/mol. The summed E-state index contributed by atoms with van der Waals surface area (Å²) in [4.78, 5) is 17.4. The van der Waals surface area contributed by atoms with E-state index >= 15 is 0 Å². The first-order valence-corrected chi connectivity index (χ1v) is 5.05. The van der Waals surface area contributed by atoms with E-state index in [9.17, 15) is 4.79 Å². The Morgan fingerprint density at radius 3 is 2.87 bits per heavy atom. The number of carbonyl (C=O) groups is 1. The third-order valence-electron chi connectivity index (χ3n) is 2.21. The van der Waals surface area contributed by atoms with Crippen molar-refractivity contribution in [1.82, 2.24) is 9.88 Å². The number of aryl methyl sites for hydroxylation is 1. The molecule has 1 aromatic rings. The van der Waals surface area contributed by atoms with Crippen LogP contribution in [0.25, 0.3) is 0 Å². The van der Waals surface area contributed by atoms with Gasteiger partial charge in [0.1, 0.15) is 5.82 Å². The van der Waals surface area contributed by atoms with E-state index in [4.69, 9.17) is 0 Å². The van der Waals surface area contributed by atoms with Crippen molar-refractivity contribution in [2.45, 2.75) is 13.8 Å². The van der Waals surface area contributed by atoms with Gasteiger partial charge in [-0.1, -0.05) is 6.07 Å². The van der Waals surface area contributed by atoms with Gasteiger partial charge in [0.2, 0.25) is 5.91 Å². The molecule has 1 rings (SSSR count). The molecule has 0 aliphatic carbocycles. The van der Waals surface area contributed by atoms with Gasteiger partial charge in [0.25, 0.3) is 0 Å². The summed E-state index contributed by atoms with van der Waals surface area (Å²) in [7, 11) is 1.79. The fourth-order valence-corrected chi connectivity index (χ4v) is 1.12. The van der Waals surface area contributed by atoms with Crippen molar-refractivity contribution >= 4 is 11.7 Å². The van der Waals surface area contributed by atoms with Crippen LogP contribution < -0.4 is 5.32 Å². The normalized spacial score (nSPS) is 9.80. The van der Waals surface area contributed by atoms with Crippen LogP contribution in [0.15, 0.2) is 18.2 Å². The molecule has 0 aliphatic heterocycles. The molecule has 4 nitrogen and oxygen atoms in total. The van der Waals surface area contributed by atoms with Crippen LogP contribution in [0.4, 0.5) is 5.82 Å². The quantitative estimate of drug-likeness (QED) is 0.809. The number of likely N-dealkylation sites (N-methyl/N-ethyl adjacent to an activating group) is 1. The van der Waals surface area contributed by atoms with E-state index in [1.54, 1.807) is 11.9 Å². The van der Waals surface area contributed by atoms with Gasteiger partial charge in [0.05, 0.1) is 6.54 Å². The first-order valence-electron chi connectivity index (χ1n) is 5.05. The number of hydrogen-bond donors (Lipinski definition) is 1. The smallest absolute Gasteiger partial charge is 0.241 e. The molecule has 1 heterocycles. The molecule has 0 bridgehead atoms. The first-order chi connectivity index (χ1) is 7.13. The van der Waals surface area contributed by atoms with Gasteiger partial charge in [-0.25, -0.2) is 4.98 Å². The molecule has 0 saturated carbocycles. The monoisotopic (exact) mass is 207 g/mol. The highest BCUT2D eigenvalue weighted by Gasteiger charge is 2.05. The topological polar surface area (TPSA) is 45.2 Å². The molecule has 0 fully saturated rings. The molecule has 0 atom stereocenters. The Morgan fingerprint density at radius 2 is 2.27 bits per heavy atom. The zero-order valence-corrected chi connectivity index (χ0v) is 9.45. The fourth-order valence-electron chi connectivity index (χ4n) is 1.12. The van der Waals surface area contributed by atoms with Crippen LogP contribution in [0.2, 0.25) is 0 Å². The average molecular weight is 207 g/mol. The molecule has 0 spiro atoms. The van der Waals surface area contributed by atoms with Crippen LogP contribution in [0.1, 0.15) is 12.6 Å². The van der Waals surface area contributed by atoms with E-state index < -0.39 is 0 Å². The van der Waals surface area contributed by atoms with Crippen molar-refractivity contribution in [2.75, 3.05) is 25.5 Å². The van der Waals surface area contributed by atoms with Gasteiger partial charge in [0.15, 0.2) is 0 Å². The lowest BCUT2D eigenvalue weighted by molar-refractivity contribution is -0.127. The van der Waals surface area contributed by atoms with Crippen LogP contribution >= 0.6 is 0 Å². The molecule has 1 N–H and O–H groups in total. The summed E-state index contributed by atoms with van der Waals surface area (Å²) >= 11 is 0. The lowest BCUT2D eigenvalue weighted by Crippen LogP contribution is -2.32. The maximum atomic E-state index is 11.5. The number of nitrogens with zero attached hydrogens (tertiary/aromatic N) is 2. The largest absolute Gasteiger partial charge is 0.361 e. The van der Waals surface area contributed by atoms with Crippen molar-refractivity contribution in [2.24, 2.45) is 0 Å². The highest BCUT2D eigenvalue weighted by atomic mass is 16.2. The standard InChI is InChI=1S/C11H17N3O/c1-4-14(3)11(15)8-12-10-7-5-6-9(2)13-10/h5-7H,4,8H2,1-3H3,(H,12,13). The predicted octanol–water partition coefficient (Wildman–Crippen LogP) is 1.28. The second kappa shape index (κ2) is 5.34. The molecule has 82 valence electrons. The van der Waals surface area contributed by atoms with Crippen LogP contribution in [0.3, 0.4) is 0 Å². The van der Waals surface area contributed by atoms with Crippen LogP contribution in [-0.4, -0.2) is 35.9 Å². The van der Waals surface area contributed by atoms with Crippen molar-refractivity contribution in [1.29, 1.82) is 0 Å². The zero-order chi connectivity index (χ0) is 11.3. The maximum absolute atomic E-state index is 11.5. The third kappa shape index (κ3) is 3.58. The van der Waals surface area contributed by atoms with Crippen LogP contribution in [-0.2, 0) is 4.79 Å². The number of nitrogens with one attached hydrogen (secondary N) is 1. The zero-order valence-electron chi connectivity index (χ0n) is 9.45. The van der Waals surface area contributed by atoms with E-state index in [1.807, 2.05) is 32.0 Å². The molecule has 4 heteroatoms. The summed E-state index contributed by atoms with van der Waals surface area (Å²) in [6.45, 7) is 4.89. The number of rotatable bonds is 4. The van der Waals surface area contributed by atoms with E-state index in [-0.39, 0.29) is 5.91 Å². The second-order valence-corrected chi connectivity index (χ2v) is 3.43. The lowest BCUT2D eigenvalue weighted by Gasteiger charge is -2.14. The first kappa shape index (κ1) is 11.5. The Labute approximate surface area is 90.3 Å². The Balaban J connectivity index is 2.47. The van der Waals surface area contributed by atoms with Crippen molar-refractivity contribution in [3.63, 3.8) is 0 Å². The average Bonchev–Trinajstić information content (AvgIpc) is 2.25. The number of carbonyl (C=O) groups excluding carboxylic acids is 1. The Bertz CT molecular complexity index is 338. The van der Waals surface area contributed by atoms with Gasteiger partial charge >= 0.3 is 0 Å². The summed E-state index contributed by atoms with van der Waals surface area (Å²) in [6, 6.07) is 5.69. The highest BCUT2D eigenvalue weighted by molar-refractivity contribution is 5.80.